The van der Waals surface area contributed by atoms with Crippen molar-refractivity contribution in [2.75, 3.05) is 13.1 Å². The average Bonchev–Trinajstić information content (AvgIpc) is 2.27. The molecule has 0 bridgehead atoms. The highest BCUT2D eigenvalue weighted by Crippen LogP contribution is 2.12. The Bertz CT molecular complexity index is 310. The molecule has 18 heavy (non-hydrogen) atoms. The molecule has 1 fully saturated rings. The number of hydrogen-bond donors (Lipinski definition) is 3. The van der Waals surface area contributed by atoms with Gasteiger partial charge >= 0.3 is 0 Å². The topological polar surface area (TPSA) is 70.2 Å². The summed E-state index contributed by atoms with van der Waals surface area (Å²) in [6.45, 7) is 8.61. The van der Waals surface area contributed by atoms with Crippen LogP contribution in [-0.4, -0.2) is 37.0 Å². The van der Waals surface area contributed by atoms with Crippen LogP contribution in [-0.2, 0) is 9.59 Å². The Balaban J connectivity index is 2.31. The van der Waals surface area contributed by atoms with Crippen LogP contribution in [0.2, 0.25) is 0 Å². The number of hydrogen-bond acceptors (Lipinski definition) is 3. The van der Waals surface area contributed by atoms with Crippen LogP contribution in [0.3, 0.4) is 0 Å². The molecule has 1 heterocycles. The van der Waals surface area contributed by atoms with E-state index in [2.05, 4.69) is 22.9 Å². The van der Waals surface area contributed by atoms with Crippen LogP contribution in [0.15, 0.2) is 0 Å². The maximum atomic E-state index is 11.7. The SMILES string of the molecule is CC1NCCCC1NC(=O)CNC(=O)C(C)(C)C. The molecule has 2 atom stereocenters. The first-order valence-corrected chi connectivity index (χ1v) is 6.62. The lowest BCUT2D eigenvalue weighted by Gasteiger charge is -2.30. The summed E-state index contributed by atoms with van der Waals surface area (Å²) < 4.78 is 0. The molecule has 0 aromatic carbocycles. The number of carbonyl (C=O) groups excluding carboxylic acids is 2. The molecule has 0 aromatic rings. The second-order valence-corrected chi connectivity index (χ2v) is 5.99. The van der Waals surface area contributed by atoms with Gasteiger partial charge in [-0.25, -0.2) is 0 Å². The molecular weight excluding hydrogens is 230 g/mol. The molecule has 0 aromatic heterocycles. The van der Waals surface area contributed by atoms with Crippen molar-refractivity contribution in [3.63, 3.8) is 0 Å². The molecule has 1 rings (SSSR count). The molecular formula is C13H25N3O2. The Morgan fingerprint density at radius 1 is 1.33 bits per heavy atom. The Morgan fingerprint density at radius 2 is 2.00 bits per heavy atom. The second-order valence-electron chi connectivity index (χ2n) is 5.99. The highest BCUT2D eigenvalue weighted by Gasteiger charge is 2.24. The molecule has 1 saturated heterocycles. The van der Waals surface area contributed by atoms with Gasteiger partial charge < -0.3 is 16.0 Å². The molecule has 3 N–H and O–H groups in total. The molecule has 0 saturated carbocycles. The van der Waals surface area contributed by atoms with Crippen molar-refractivity contribution in [1.82, 2.24) is 16.0 Å². The summed E-state index contributed by atoms with van der Waals surface area (Å²) in [4.78, 5) is 23.4. The van der Waals surface area contributed by atoms with Crippen LogP contribution in [0.5, 0.6) is 0 Å². The molecule has 0 spiro atoms. The summed E-state index contributed by atoms with van der Waals surface area (Å²) in [6.07, 6.45) is 2.07. The lowest BCUT2D eigenvalue weighted by atomic mass is 9.96. The second kappa shape index (κ2) is 6.18. The summed E-state index contributed by atoms with van der Waals surface area (Å²) in [6, 6.07) is 0.457. The minimum atomic E-state index is -0.458. The predicted octanol–water partition coefficient (Wildman–Crippen LogP) is 0.405. The van der Waals surface area contributed by atoms with Crippen molar-refractivity contribution in [2.45, 2.75) is 52.6 Å². The van der Waals surface area contributed by atoms with E-state index in [1.807, 2.05) is 20.8 Å². The highest BCUT2D eigenvalue weighted by atomic mass is 16.2. The Morgan fingerprint density at radius 3 is 2.56 bits per heavy atom. The molecule has 5 nitrogen and oxygen atoms in total. The first kappa shape index (κ1) is 15.0. The normalized spacial score (nSPS) is 24.4. The molecule has 0 aliphatic carbocycles. The van der Waals surface area contributed by atoms with Gasteiger partial charge in [0.05, 0.1) is 6.54 Å². The first-order chi connectivity index (χ1) is 8.30. The van der Waals surface area contributed by atoms with Crippen molar-refractivity contribution in [2.24, 2.45) is 5.41 Å². The largest absolute Gasteiger partial charge is 0.350 e. The van der Waals surface area contributed by atoms with Gasteiger partial charge in [0.1, 0.15) is 0 Å². The van der Waals surface area contributed by atoms with Gasteiger partial charge in [-0.2, -0.15) is 0 Å². The number of amides is 2. The Kier molecular flexibility index (Phi) is 5.14. The summed E-state index contributed by atoms with van der Waals surface area (Å²) in [7, 11) is 0. The third-order valence-electron chi connectivity index (χ3n) is 3.20. The monoisotopic (exact) mass is 255 g/mol. The molecule has 104 valence electrons. The van der Waals surface area contributed by atoms with Crippen molar-refractivity contribution >= 4 is 11.8 Å². The minimum absolute atomic E-state index is 0.0549. The first-order valence-electron chi connectivity index (χ1n) is 6.62. The smallest absolute Gasteiger partial charge is 0.239 e. The van der Waals surface area contributed by atoms with Crippen LogP contribution < -0.4 is 16.0 Å². The van der Waals surface area contributed by atoms with Gasteiger partial charge in [-0.3, -0.25) is 9.59 Å². The van der Waals surface area contributed by atoms with Crippen LogP contribution in [0.4, 0.5) is 0 Å². The third kappa shape index (κ3) is 4.64. The fraction of sp³-hybridized carbons (Fsp3) is 0.846. The summed E-state index contributed by atoms with van der Waals surface area (Å²) >= 11 is 0. The van der Waals surface area contributed by atoms with Crippen molar-refractivity contribution in [3.05, 3.63) is 0 Å². The molecule has 0 radical (unpaired) electrons. The standard InChI is InChI=1S/C13H25N3O2/c1-9-10(6-5-7-14-9)16-11(17)8-15-12(18)13(2,3)4/h9-10,14H,5-8H2,1-4H3,(H,15,18)(H,16,17). The molecule has 2 unspecified atom stereocenters. The maximum Gasteiger partial charge on any atom is 0.239 e. The number of carbonyl (C=O) groups is 2. The molecule has 5 heteroatoms. The van der Waals surface area contributed by atoms with Crippen molar-refractivity contribution < 1.29 is 9.59 Å². The third-order valence-corrected chi connectivity index (χ3v) is 3.20. The van der Waals surface area contributed by atoms with Gasteiger partial charge in [0, 0.05) is 17.5 Å². The van der Waals surface area contributed by atoms with E-state index < -0.39 is 5.41 Å². The van der Waals surface area contributed by atoms with E-state index in [1.165, 1.54) is 0 Å². The predicted molar refractivity (Wildman–Crippen MR) is 71.1 cm³/mol. The van der Waals surface area contributed by atoms with Gasteiger partial charge in [-0.1, -0.05) is 20.8 Å². The molecule has 2 amide bonds. The van der Waals surface area contributed by atoms with Crippen molar-refractivity contribution in [3.8, 4) is 0 Å². The van der Waals surface area contributed by atoms with Crippen LogP contribution in [0.25, 0.3) is 0 Å². The number of nitrogens with one attached hydrogen (secondary N) is 3. The van der Waals surface area contributed by atoms with E-state index >= 15 is 0 Å². The van der Waals surface area contributed by atoms with E-state index in [1.54, 1.807) is 0 Å². The fourth-order valence-electron chi connectivity index (χ4n) is 1.92. The van der Waals surface area contributed by atoms with Crippen molar-refractivity contribution in [1.29, 1.82) is 0 Å². The lowest BCUT2D eigenvalue weighted by Crippen LogP contribution is -2.54. The van der Waals surface area contributed by atoms with E-state index in [0.29, 0.717) is 6.04 Å². The Hall–Kier alpha value is -1.10. The van der Waals surface area contributed by atoms with E-state index in [-0.39, 0.29) is 24.4 Å². The van der Waals surface area contributed by atoms with Gasteiger partial charge in [-0.15, -0.1) is 0 Å². The molecule has 1 aliphatic rings. The van der Waals surface area contributed by atoms with Crippen LogP contribution in [0.1, 0.15) is 40.5 Å². The van der Waals surface area contributed by atoms with Gasteiger partial charge in [0.15, 0.2) is 0 Å². The summed E-state index contributed by atoms with van der Waals surface area (Å²) in [5.74, 6) is -0.222. The fourth-order valence-corrected chi connectivity index (χ4v) is 1.92. The number of rotatable bonds is 3. The molecule has 1 aliphatic heterocycles. The van der Waals surface area contributed by atoms with Crippen LogP contribution in [0, 0.1) is 5.41 Å². The van der Waals surface area contributed by atoms with Gasteiger partial charge in [-0.05, 0) is 26.3 Å². The minimum Gasteiger partial charge on any atom is -0.350 e. The zero-order valence-electron chi connectivity index (χ0n) is 11.8. The van der Waals surface area contributed by atoms with Gasteiger partial charge in [0.2, 0.25) is 11.8 Å². The Labute approximate surface area is 109 Å². The average molecular weight is 255 g/mol. The quantitative estimate of drug-likeness (QED) is 0.684. The maximum absolute atomic E-state index is 11.7. The summed E-state index contributed by atoms with van der Waals surface area (Å²) in [5, 5.41) is 8.94. The highest BCUT2D eigenvalue weighted by molar-refractivity contribution is 5.87. The van der Waals surface area contributed by atoms with E-state index in [0.717, 1.165) is 19.4 Å². The van der Waals surface area contributed by atoms with Gasteiger partial charge in [0.25, 0.3) is 0 Å². The van der Waals surface area contributed by atoms with E-state index in [4.69, 9.17) is 0 Å². The lowest BCUT2D eigenvalue weighted by molar-refractivity contribution is -0.131. The van der Waals surface area contributed by atoms with Crippen LogP contribution >= 0.6 is 0 Å². The summed E-state index contributed by atoms with van der Waals surface area (Å²) in [5.41, 5.74) is -0.458. The number of piperidine rings is 1. The zero-order valence-corrected chi connectivity index (χ0v) is 11.8. The van der Waals surface area contributed by atoms with E-state index in [9.17, 15) is 9.59 Å². The zero-order chi connectivity index (χ0) is 13.8.